The molecule has 32 heavy (non-hydrogen) atoms. The minimum atomic E-state index is -1.40. The minimum absolute atomic E-state index is 0.140. The summed E-state index contributed by atoms with van der Waals surface area (Å²) in [4.78, 5) is 43.7. The summed E-state index contributed by atoms with van der Waals surface area (Å²) >= 11 is 0. The van der Waals surface area contributed by atoms with Gasteiger partial charge in [-0.15, -0.1) is 0 Å². The summed E-state index contributed by atoms with van der Waals surface area (Å²) in [6, 6.07) is 23.9. The van der Waals surface area contributed by atoms with Gasteiger partial charge in [-0.2, -0.15) is 0 Å². The van der Waals surface area contributed by atoms with Gasteiger partial charge >= 0.3 is 0 Å². The highest BCUT2D eigenvalue weighted by Gasteiger charge is 2.77. The topological polar surface area (TPSA) is 78.5 Å². The van der Waals surface area contributed by atoms with Gasteiger partial charge in [0.15, 0.2) is 5.78 Å². The number of para-hydroxylation sites is 2. The molecule has 0 bridgehead atoms. The van der Waals surface area contributed by atoms with Gasteiger partial charge in [-0.25, -0.2) is 0 Å². The number of likely N-dealkylation sites (N-methyl/N-ethyl adjacent to an activating group) is 1. The molecule has 6 nitrogen and oxygen atoms in total. The quantitative estimate of drug-likeness (QED) is 0.621. The van der Waals surface area contributed by atoms with Crippen molar-refractivity contribution in [2.24, 2.45) is 5.92 Å². The van der Waals surface area contributed by atoms with Gasteiger partial charge in [0.05, 0.1) is 5.92 Å². The zero-order valence-electron chi connectivity index (χ0n) is 17.5. The van der Waals surface area contributed by atoms with Gasteiger partial charge in [0, 0.05) is 29.0 Å². The number of likely N-dealkylation sites (tertiary alicyclic amines) is 1. The number of hydrogen-bond acceptors (Lipinski definition) is 4. The van der Waals surface area contributed by atoms with Gasteiger partial charge in [0.25, 0.3) is 5.91 Å². The van der Waals surface area contributed by atoms with Crippen LogP contribution < -0.4 is 10.6 Å². The molecule has 2 amide bonds. The molecule has 0 aliphatic carbocycles. The zero-order valence-corrected chi connectivity index (χ0v) is 17.5. The molecule has 0 saturated carbocycles. The summed E-state index contributed by atoms with van der Waals surface area (Å²) in [5, 5.41) is 5.98. The third-order valence-corrected chi connectivity index (χ3v) is 7.35. The number of hydrogen-bond donors (Lipinski definition) is 2. The number of carbonyl (C=O) groups excluding carboxylic acids is 3. The molecule has 2 spiro atoms. The Morgan fingerprint density at radius 2 is 1.38 bits per heavy atom. The second-order valence-electron chi connectivity index (χ2n) is 8.68. The molecule has 2 N–H and O–H groups in total. The molecule has 3 aromatic carbocycles. The van der Waals surface area contributed by atoms with Crippen molar-refractivity contribution in [1.29, 1.82) is 0 Å². The number of carbonyl (C=O) groups is 3. The molecule has 0 aromatic heterocycles. The minimum Gasteiger partial charge on any atom is -0.325 e. The lowest BCUT2D eigenvalue weighted by molar-refractivity contribution is -0.136. The van der Waals surface area contributed by atoms with Gasteiger partial charge in [0.2, 0.25) is 5.91 Å². The average Bonchev–Trinajstić information content (AvgIpc) is 3.39. The molecule has 6 heteroatoms. The first kappa shape index (κ1) is 19.0. The Kier molecular flexibility index (Phi) is 3.77. The largest absolute Gasteiger partial charge is 0.325 e. The van der Waals surface area contributed by atoms with Crippen molar-refractivity contribution in [1.82, 2.24) is 4.90 Å². The van der Waals surface area contributed by atoms with Crippen LogP contribution in [0.1, 0.15) is 21.5 Å². The molecule has 3 heterocycles. The Balaban J connectivity index is 1.70. The van der Waals surface area contributed by atoms with Crippen molar-refractivity contribution in [3.8, 4) is 0 Å². The number of Topliss-reactive ketones (excluding diaryl/α,β-unsaturated/α-hetero) is 1. The van der Waals surface area contributed by atoms with Crippen LogP contribution >= 0.6 is 0 Å². The van der Waals surface area contributed by atoms with Crippen LogP contribution in [0.5, 0.6) is 0 Å². The van der Waals surface area contributed by atoms with E-state index in [1.54, 1.807) is 12.1 Å². The lowest BCUT2D eigenvalue weighted by Crippen LogP contribution is -2.61. The zero-order chi connectivity index (χ0) is 22.1. The molecule has 1 fully saturated rings. The molecule has 0 unspecified atom stereocenters. The van der Waals surface area contributed by atoms with Crippen LogP contribution in [0.4, 0.5) is 11.4 Å². The standard InChI is InChI=1S/C26H21N3O3/c1-29-15-19(22(30)16-9-3-2-4-10-16)25(17-11-5-7-13-20(17)27-23(25)31)26(29)18-12-6-8-14-21(18)28-24(26)32/h2-14,19H,15H2,1H3,(H,27,31)(H,28,32)/t19-,25+,26+/m1/s1. The first-order valence-electron chi connectivity index (χ1n) is 10.7. The molecule has 6 rings (SSSR count). The van der Waals surface area contributed by atoms with Crippen molar-refractivity contribution >= 4 is 29.0 Å². The number of benzene rings is 3. The number of fused-ring (bicyclic) bond motifs is 5. The van der Waals surface area contributed by atoms with Crippen LogP contribution in [-0.2, 0) is 20.5 Å². The van der Waals surface area contributed by atoms with Gasteiger partial charge in [-0.3, -0.25) is 19.3 Å². The molecular formula is C26H21N3O3. The van der Waals surface area contributed by atoms with E-state index in [4.69, 9.17) is 0 Å². The second-order valence-corrected chi connectivity index (χ2v) is 8.68. The highest BCUT2D eigenvalue weighted by Crippen LogP contribution is 2.63. The fourth-order valence-corrected chi connectivity index (χ4v) is 6.18. The Morgan fingerprint density at radius 3 is 2.09 bits per heavy atom. The summed E-state index contributed by atoms with van der Waals surface area (Å²) < 4.78 is 0. The third kappa shape index (κ3) is 2.01. The molecule has 1 saturated heterocycles. The van der Waals surface area contributed by atoms with Crippen molar-refractivity contribution in [2.45, 2.75) is 11.0 Å². The summed E-state index contributed by atoms with van der Waals surface area (Å²) in [7, 11) is 1.83. The van der Waals surface area contributed by atoms with Crippen molar-refractivity contribution in [3.63, 3.8) is 0 Å². The molecule has 3 aliphatic heterocycles. The molecule has 3 aromatic rings. The number of nitrogens with one attached hydrogen (secondary N) is 2. The van der Waals surface area contributed by atoms with E-state index in [1.807, 2.05) is 78.7 Å². The second kappa shape index (κ2) is 6.37. The predicted molar refractivity (Wildman–Crippen MR) is 120 cm³/mol. The first-order chi connectivity index (χ1) is 15.5. The monoisotopic (exact) mass is 423 g/mol. The highest BCUT2D eigenvalue weighted by molar-refractivity contribution is 6.20. The third-order valence-electron chi connectivity index (χ3n) is 7.35. The normalized spacial score (nSPS) is 28.0. The van der Waals surface area contributed by atoms with E-state index in [-0.39, 0.29) is 24.1 Å². The molecule has 158 valence electrons. The summed E-state index contributed by atoms with van der Waals surface area (Å²) in [6.45, 7) is 0.275. The lowest BCUT2D eigenvalue weighted by atomic mass is 9.58. The van der Waals surface area contributed by atoms with Gasteiger partial charge in [-0.05, 0) is 24.7 Å². The summed E-state index contributed by atoms with van der Waals surface area (Å²) in [5.41, 5.74) is 0.533. The SMILES string of the molecule is CN1C[C@H](C(=O)c2ccccc2)[C@@]2(C(=O)Nc3ccccc32)[C@]12C(=O)Nc1ccccc12. The van der Waals surface area contributed by atoms with Crippen molar-refractivity contribution < 1.29 is 14.4 Å². The van der Waals surface area contributed by atoms with Crippen LogP contribution in [0.15, 0.2) is 78.9 Å². The van der Waals surface area contributed by atoms with Crippen LogP contribution in [-0.4, -0.2) is 36.1 Å². The van der Waals surface area contributed by atoms with Crippen LogP contribution in [0.3, 0.4) is 0 Å². The highest BCUT2D eigenvalue weighted by atomic mass is 16.2. The van der Waals surface area contributed by atoms with E-state index in [2.05, 4.69) is 10.6 Å². The first-order valence-corrected chi connectivity index (χ1v) is 10.7. The molecule has 0 radical (unpaired) electrons. The van der Waals surface area contributed by atoms with Crippen molar-refractivity contribution in [3.05, 3.63) is 95.6 Å². The Hall–Kier alpha value is -3.77. The Bertz CT molecular complexity index is 1300. The summed E-state index contributed by atoms with van der Waals surface area (Å²) in [6.07, 6.45) is 0. The van der Waals surface area contributed by atoms with Gasteiger partial charge < -0.3 is 10.6 Å². The molecular weight excluding hydrogens is 402 g/mol. The predicted octanol–water partition coefficient (Wildman–Crippen LogP) is 3.17. The van der Waals surface area contributed by atoms with Crippen LogP contribution in [0, 0.1) is 5.92 Å². The Labute approximate surface area is 185 Å². The van der Waals surface area contributed by atoms with Crippen LogP contribution in [0.2, 0.25) is 0 Å². The van der Waals surface area contributed by atoms with E-state index < -0.39 is 16.9 Å². The fraction of sp³-hybridized carbons (Fsp3) is 0.192. The smallest absolute Gasteiger partial charge is 0.251 e. The molecule has 3 aliphatic rings. The maximum absolute atomic E-state index is 14.0. The number of rotatable bonds is 2. The number of ketones is 1. The van der Waals surface area contributed by atoms with Gasteiger partial charge in [0.1, 0.15) is 11.0 Å². The Morgan fingerprint density at radius 1 is 0.812 bits per heavy atom. The maximum Gasteiger partial charge on any atom is 0.251 e. The van der Waals surface area contributed by atoms with E-state index in [9.17, 15) is 14.4 Å². The fourth-order valence-electron chi connectivity index (χ4n) is 6.18. The van der Waals surface area contributed by atoms with Crippen molar-refractivity contribution in [2.75, 3.05) is 24.2 Å². The van der Waals surface area contributed by atoms with E-state index in [1.165, 1.54) is 0 Å². The maximum atomic E-state index is 14.0. The van der Waals surface area contributed by atoms with Crippen LogP contribution in [0.25, 0.3) is 0 Å². The van der Waals surface area contributed by atoms with Gasteiger partial charge in [-0.1, -0.05) is 66.7 Å². The van der Waals surface area contributed by atoms with E-state index in [0.717, 1.165) is 5.56 Å². The number of amides is 2. The van der Waals surface area contributed by atoms with E-state index >= 15 is 0 Å². The average molecular weight is 423 g/mol. The number of nitrogens with zero attached hydrogens (tertiary/aromatic N) is 1. The molecule has 3 atom stereocenters. The number of anilines is 2. The summed E-state index contributed by atoms with van der Waals surface area (Å²) in [5.74, 6) is -1.48. The lowest BCUT2D eigenvalue weighted by Gasteiger charge is -2.42. The van der Waals surface area contributed by atoms with E-state index in [0.29, 0.717) is 22.5 Å².